The summed E-state index contributed by atoms with van der Waals surface area (Å²) in [6, 6.07) is 12.5. The van der Waals surface area contributed by atoms with Crippen molar-refractivity contribution in [2.45, 2.75) is 11.6 Å². The Morgan fingerprint density at radius 2 is 2.25 bits per heavy atom. The molecule has 0 radical (unpaired) electrons. The van der Waals surface area contributed by atoms with E-state index >= 15 is 0 Å². The molecule has 0 amide bonds. The van der Waals surface area contributed by atoms with Crippen molar-refractivity contribution in [2.75, 3.05) is 11.4 Å². The number of pyridine rings is 1. The normalized spacial score (nSPS) is 13.2. The summed E-state index contributed by atoms with van der Waals surface area (Å²) in [5, 5.41) is 3.09. The summed E-state index contributed by atoms with van der Waals surface area (Å²) in [7, 11) is 2.05. The second-order valence-corrected chi connectivity index (χ2v) is 6.58. The number of aromatic nitrogens is 2. The van der Waals surface area contributed by atoms with Crippen molar-refractivity contribution in [1.82, 2.24) is 9.55 Å². The Labute approximate surface area is 145 Å². The van der Waals surface area contributed by atoms with Crippen LogP contribution in [0.2, 0.25) is 0 Å². The Bertz CT molecular complexity index is 980. The molecule has 0 spiro atoms. The maximum Gasteiger partial charge on any atom is 0.171 e. The molecule has 0 bridgehead atoms. The van der Waals surface area contributed by atoms with Gasteiger partial charge >= 0.3 is 0 Å². The lowest BCUT2D eigenvalue weighted by Gasteiger charge is -2.26. The Balaban J connectivity index is 1.71. The standard InChI is InChI=1S/C19H16N4S/c1-3-10-23(16-6-7-17-14(12-16)8-11-22(17)2)19-21-13-15-5-4-9-20-18(15)24-19/h1,4-9,11-12H,10,13H2,2H3. The molecule has 2 aromatic heterocycles. The van der Waals surface area contributed by atoms with E-state index in [2.05, 4.69) is 56.9 Å². The number of terminal acetylenes is 1. The lowest BCUT2D eigenvalue weighted by molar-refractivity contribution is 0.948. The Morgan fingerprint density at radius 3 is 3.12 bits per heavy atom. The smallest absolute Gasteiger partial charge is 0.171 e. The summed E-state index contributed by atoms with van der Waals surface area (Å²) < 4.78 is 2.11. The van der Waals surface area contributed by atoms with E-state index in [9.17, 15) is 0 Å². The van der Waals surface area contributed by atoms with Gasteiger partial charge in [0.1, 0.15) is 5.03 Å². The fraction of sp³-hybridized carbons (Fsp3) is 0.158. The molecule has 5 heteroatoms. The molecule has 0 atom stereocenters. The minimum atomic E-state index is 0.479. The lowest BCUT2D eigenvalue weighted by Crippen LogP contribution is -2.30. The molecule has 3 heterocycles. The van der Waals surface area contributed by atoms with Gasteiger partial charge in [0.2, 0.25) is 0 Å². The molecule has 4 rings (SSSR count). The van der Waals surface area contributed by atoms with Crippen LogP contribution in [0.5, 0.6) is 0 Å². The maximum atomic E-state index is 5.61. The highest BCUT2D eigenvalue weighted by atomic mass is 32.2. The molecule has 3 aromatic rings. The lowest BCUT2D eigenvalue weighted by atomic mass is 10.2. The van der Waals surface area contributed by atoms with Crippen LogP contribution in [0, 0.1) is 12.3 Å². The first-order valence-electron chi connectivity index (χ1n) is 7.68. The van der Waals surface area contributed by atoms with Gasteiger partial charge in [0.05, 0.1) is 13.1 Å². The minimum absolute atomic E-state index is 0.479. The summed E-state index contributed by atoms with van der Waals surface area (Å²) in [6.07, 6.45) is 9.49. The molecule has 4 nitrogen and oxygen atoms in total. The van der Waals surface area contributed by atoms with E-state index < -0.39 is 0 Å². The fourth-order valence-electron chi connectivity index (χ4n) is 2.85. The number of anilines is 1. The Hall–Kier alpha value is -2.71. The number of hydrogen-bond acceptors (Lipinski definition) is 4. The van der Waals surface area contributed by atoms with Crippen molar-refractivity contribution in [2.24, 2.45) is 12.0 Å². The number of thioether (sulfide) groups is 1. The van der Waals surface area contributed by atoms with E-state index in [1.807, 2.05) is 19.3 Å². The number of fused-ring (bicyclic) bond motifs is 2. The summed E-state index contributed by atoms with van der Waals surface area (Å²) in [4.78, 5) is 11.3. The molecule has 0 N–H and O–H groups in total. The fourth-order valence-corrected chi connectivity index (χ4v) is 3.81. The number of aliphatic imine (C=N–C) groups is 1. The van der Waals surface area contributed by atoms with Gasteiger partial charge in [-0.15, -0.1) is 6.42 Å². The molecule has 0 saturated carbocycles. The van der Waals surface area contributed by atoms with Gasteiger partial charge in [-0.3, -0.25) is 4.99 Å². The van der Waals surface area contributed by atoms with Gasteiger partial charge in [0.15, 0.2) is 5.17 Å². The molecule has 118 valence electrons. The average molecular weight is 332 g/mol. The van der Waals surface area contributed by atoms with E-state index in [0.29, 0.717) is 13.1 Å². The van der Waals surface area contributed by atoms with Crippen LogP contribution in [0.25, 0.3) is 10.9 Å². The zero-order valence-corrected chi connectivity index (χ0v) is 14.1. The summed E-state index contributed by atoms with van der Waals surface area (Å²) in [5.74, 6) is 2.75. The van der Waals surface area contributed by atoms with Gasteiger partial charge in [0, 0.05) is 41.6 Å². The third-order valence-corrected chi connectivity index (χ3v) is 5.18. The van der Waals surface area contributed by atoms with E-state index in [0.717, 1.165) is 21.4 Å². The minimum Gasteiger partial charge on any atom is -0.351 e. The van der Waals surface area contributed by atoms with Crippen LogP contribution in [0.3, 0.4) is 0 Å². The zero-order chi connectivity index (χ0) is 16.5. The third-order valence-electron chi connectivity index (χ3n) is 4.08. The topological polar surface area (TPSA) is 33.4 Å². The van der Waals surface area contributed by atoms with E-state index in [1.54, 1.807) is 11.8 Å². The molecule has 0 saturated heterocycles. The van der Waals surface area contributed by atoms with Crippen LogP contribution in [0.1, 0.15) is 5.56 Å². The van der Waals surface area contributed by atoms with Gasteiger partial charge in [-0.1, -0.05) is 12.0 Å². The van der Waals surface area contributed by atoms with Crippen LogP contribution in [-0.2, 0) is 13.6 Å². The number of nitrogens with zero attached hydrogens (tertiary/aromatic N) is 4. The van der Waals surface area contributed by atoms with Crippen LogP contribution in [-0.4, -0.2) is 21.3 Å². The summed E-state index contributed by atoms with van der Waals surface area (Å²) in [5.41, 5.74) is 3.41. The first-order valence-corrected chi connectivity index (χ1v) is 8.50. The molecular weight excluding hydrogens is 316 g/mol. The highest BCUT2D eigenvalue weighted by molar-refractivity contribution is 8.14. The van der Waals surface area contributed by atoms with Gasteiger partial charge < -0.3 is 9.47 Å². The quantitative estimate of drug-likeness (QED) is 0.671. The van der Waals surface area contributed by atoms with Crippen LogP contribution in [0.4, 0.5) is 5.69 Å². The second-order valence-electron chi connectivity index (χ2n) is 5.63. The van der Waals surface area contributed by atoms with Gasteiger partial charge in [0.25, 0.3) is 0 Å². The van der Waals surface area contributed by atoms with Crippen molar-refractivity contribution < 1.29 is 0 Å². The molecule has 1 aliphatic rings. The summed E-state index contributed by atoms with van der Waals surface area (Å²) in [6.45, 7) is 1.12. The maximum absolute atomic E-state index is 5.61. The van der Waals surface area contributed by atoms with Crippen LogP contribution >= 0.6 is 11.8 Å². The molecule has 1 aromatic carbocycles. The SMILES string of the molecule is C#CCN(C1=NCc2cccnc2S1)c1ccc2c(ccn2C)c1. The first kappa shape index (κ1) is 14.9. The first-order chi connectivity index (χ1) is 11.8. The van der Waals surface area contributed by atoms with Crippen molar-refractivity contribution in [3.8, 4) is 12.3 Å². The van der Waals surface area contributed by atoms with Crippen molar-refractivity contribution >= 4 is 33.5 Å². The average Bonchev–Trinajstić information content (AvgIpc) is 3.00. The Morgan fingerprint density at radius 1 is 1.33 bits per heavy atom. The number of benzene rings is 1. The largest absolute Gasteiger partial charge is 0.351 e. The number of aryl methyl sites for hydroxylation is 1. The highest BCUT2D eigenvalue weighted by Gasteiger charge is 2.20. The number of rotatable bonds is 2. The van der Waals surface area contributed by atoms with Gasteiger partial charge in [-0.05, 0) is 42.1 Å². The van der Waals surface area contributed by atoms with E-state index in [-0.39, 0.29) is 0 Å². The van der Waals surface area contributed by atoms with Crippen molar-refractivity contribution in [3.63, 3.8) is 0 Å². The third kappa shape index (κ3) is 2.55. The molecular formula is C19H16N4S. The molecule has 1 aliphatic heterocycles. The van der Waals surface area contributed by atoms with Gasteiger partial charge in [-0.25, -0.2) is 4.98 Å². The molecule has 0 unspecified atom stereocenters. The predicted octanol–water partition coefficient (Wildman–Crippen LogP) is 3.67. The van der Waals surface area contributed by atoms with E-state index in [1.165, 1.54) is 10.9 Å². The van der Waals surface area contributed by atoms with Crippen molar-refractivity contribution in [3.05, 3.63) is 54.4 Å². The van der Waals surface area contributed by atoms with E-state index in [4.69, 9.17) is 11.4 Å². The Kier molecular flexibility index (Phi) is 3.75. The number of hydrogen-bond donors (Lipinski definition) is 0. The van der Waals surface area contributed by atoms with Gasteiger partial charge in [-0.2, -0.15) is 0 Å². The summed E-state index contributed by atoms with van der Waals surface area (Å²) >= 11 is 1.57. The zero-order valence-electron chi connectivity index (χ0n) is 13.3. The van der Waals surface area contributed by atoms with Crippen LogP contribution < -0.4 is 4.90 Å². The molecule has 24 heavy (non-hydrogen) atoms. The monoisotopic (exact) mass is 332 g/mol. The molecule has 0 fully saturated rings. The second kappa shape index (κ2) is 6.06. The highest BCUT2D eigenvalue weighted by Crippen LogP contribution is 2.32. The van der Waals surface area contributed by atoms with Crippen molar-refractivity contribution in [1.29, 1.82) is 0 Å². The predicted molar refractivity (Wildman–Crippen MR) is 100 cm³/mol. The molecule has 0 aliphatic carbocycles. The number of amidine groups is 1. The van der Waals surface area contributed by atoms with Crippen LogP contribution in [0.15, 0.2) is 58.8 Å².